The molecule has 0 aliphatic rings. The molecule has 0 aliphatic carbocycles. The maximum Gasteiger partial charge on any atom is 0.220 e. The van der Waals surface area contributed by atoms with Crippen molar-refractivity contribution in [3.63, 3.8) is 0 Å². The van der Waals surface area contributed by atoms with Crippen LogP contribution in [0.15, 0.2) is 24.3 Å². The molecular weight excluding hydrogens is 318 g/mol. The molecule has 3 rings (SSSR count). The molecule has 8 heteroatoms. The van der Waals surface area contributed by atoms with E-state index in [1.165, 1.54) is 0 Å². The zero-order chi connectivity index (χ0) is 17.8. The average molecular weight is 339 g/mol. The molecule has 130 valence electrons. The number of aromatic amines is 1. The van der Waals surface area contributed by atoms with Gasteiger partial charge in [0.15, 0.2) is 0 Å². The minimum atomic E-state index is 0.0209. The second kappa shape index (κ2) is 7.25. The molecular formula is C17H21N7O. The van der Waals surface area contributed by atoms with E-state index in [0.29, 0.717) is 25.2 Å². The minimum absolute atomic E-state index is 0.0209. The molecule has 0 fully saturated rings. The first-order valence-electron chi connectivity index (χ1n) is 8.13. The van der Waals surface area contributed by atoms with Crippen LogP contribution >= 0.6 is 0 Å². The maximum atomic E-state index is 12.2. The summed E-state index contributed by atoms with van der Waals surface area (Å²) in [5.41, 5.74) is 5.10. The fourth-order valence-corrected chi connectivity index (χ4v) is 2.81. The normalized spacial score (nSPS) is 10.8. The van der Waals surface area contributed by atoms with Crippen molar-refractivity contribution in [1.82, 2.24) is 35.7 Å². The van der Waals surface area contributed by atoms with E-state index in [2.05, 4.69) is 31.0 Å². The van der Waals surface area contributed by atoms with Crippen molar-refractivity contribution in [3.8, 4) is 11.4 Å². The monoisotopic (exact) mass is 339 g/mol. The van der Waals surface area contributed by atoms with Crippen LogP contribution in [0.3, 0.4) is 0 Å². The summed E-state index contributed by atoms with van der Waals surface area (Å²) in [5, 5.41) is 21.3. The maximum absolute atomic E-state index is 12.2. The molecule has 8 nitrogen and oxygen atoms in total. The van der Waals surface area contributed by atoms with Crippen LogP contribution in [0.4, 0.5) is 0 Å². The molecule has 0 bridgehead atoms. The molecule has 1 aromatic carbocycles. The summed E-state index contributed by atoms with van der Waals surface area (Å²) in [4.78, 5) is 12.2. The molecule has 0 saturated carbocycles. The van der Waals surface area contributed by atoms with Crippen molar-refractivity contribution in [3.05, 3.63) is 46.8 Å². The molecule has 0 radical (unpaired) electrons. The van der Waals surface area contributed by atoms with Crippen LogP contribution in [-0.2, 0) is 24.8 Å². The third-order valence-corrected chi connectivity index (χ3v) is 4.28. The number of tetrazole rings is 1. The van der Waals surface area contributed by atoms with E-state index >= 15 is 0 Å². The summed E-state index contributed by atoms with van der Waals surface area (Å²) in [6.07, 6.45) is 1.14. The number of H-pyrrole nitrogens is 1. The van der Waals surface area contributed by atoms with E-state index in [1.54, 1.807) is 0 Å². The van der Waals surface area contributed by atoms with Gasteiger partial charge in [-0.05, 0) is 42.7 Å². The summed E-state index contributed by atoms with van der Waals surface area (Å²) in [5.74, 6) is 0.559. The molecule has 25 heavy (non-hydrogen) atoms. The molecule has 1 amide bonds. The third kappa shape index (κ3) is 3.90. The van der Waals surface area contributed by atoms with Gasteiger partial charge in [0.1, 0.15) is 0 Å². The zero-order valence-electron chi connectivity index (χ0n) is 14.6. The molecule has 0 saturated heterocycles. The Bertz CT molecular complexity index is 867. The van der Waals surface area contributed by atoms with Crippen molar-refractivity contribution < 1.29 is 4.79 Å². The Labute approximate surface area is 145 Å². The van der Waals surface area contributed by atoms with Crippen molar-refractivity contribution >= 4 is 5.91 Å². The van der Waals surface area contributed by atoms with Crippen LogP contribution in [0.25, 0.3) is 11.4 Å². The molecule has 3 aromatic rings. The molecule has 2 N–H and O–H groups in total. The largest absolute Gasteiger partial charge is 0.352 e. The number of benzene rings is 1. The fraction of sp³-hybridized carbons (Fsp3) is 0.353. The summed E-state index contributed by atoms with van der Waals surface area (Å²) >= 11 is 0. The summed E-state index contributed by atoms with van der Waals surface area (Å²) in [7, 11) is 1.92. The van der Waals surface area contributed by atoms with Crippen LogP contribution in [0.1, 0.15) is 28.9 Å². The van der Waals surface area contributed by atoms with Crippen molar-refractivity contribution in [2.45, 2.75) is 33.2 Å². The molecule has 2 heterocycles. The number of nitrogens with zero attached hydrogens (tertiary/aromatic N) is 5. The van der Waals surface area contributed by atoms with Gasteiger partial charge in [0.05, 0.1) is 5.69 Å². The van der Waals surface area contributed by atoms with Gasteiger partial charge >= 0.3 is 0 Å². The molecule has 0 unspecified atom stereocenters. The lowest BCUT2D eigenvalue weighted by Gasteiger charge is -2.07. The molecule has 2 aromatic heterocycles. The van der Waals surface area contributed by atoms with E-state index in [4.69, 9.17) is 0 Å². The van der Waals surface area contributed by atoms with Crippen LogP contribution < -0.4 is 5.32 Å². The summed E-state index contributed by atoms with van der Waals surface area (Å²) < 4.78 is 1.85. The van der Waals surface area contributed by atoms with Gasteiger partial charge in [-0.1, -0.05) is 18.2 Å². The Kier molecular flexibility index (Phi) is 4.87. The SMILES string of the molecule is Cc1nn(C)c(C)c1CCC(=O)NCc1cccc(-c2nn[nH]n2)c1. The smallest absolute Gasteiger partial charge is 0.220 e. The number of carbonyl (C=O) groups is 1. The van der Waals surface area contributed by atoms with E-state index in [1.807, 2.05) is 49.8 Å². The van der Waals surface area contributed by atoms with Gasteiger partial charge in [-0.25, -0.2) is 0 Å². The van der Waals surface area contributed by atoms with E-state index in [0.717, 1.165) is 28.1 Å². The van der Waals surface area contributed by atoms with Crippen LogP contribution in [0, 0.1) is 13.8 Å². The zero-order valence-corrected chi connectivity index (χ0v) is 14.6. The van der Waals surface area contributed by atoms with Crippen LogP contribution in [0.5, 0.6) is 0 Å². The number of nitrogens with one attached hydrogen (secondary N) is 2. The first-order chi connectivity index (χ1) is 12.0. The summed E-state index contributed by atoms with van der Waals surface area (Å²) in [6.45, 7) is 4.47. The third-order valence-electron chi connectivity index (χ3n) is 4.28. The van der Waals surface area contributed by atoms with Gasteiger partial charge in [-0.2, -0.15) is 10.3 Å². The van der Waals surface area contributed by atoms with Gasteiger partial charge in [-0.15, -0.1) is 10.2 Å². The van der Waals surface area contributed by atoms with Gasteiger partial charge in [0.2, 0.25) is 11.7 Å². The highest BCUT2D eigenvalue weighted by Gasteiger charge is 2.11. The fourth-order valence-electron chi connectivity index (χ4n) is 2.81. The number of amides is 1. The average Bonchev–Trinajstić information content (AvgIpc) is 3.22. The van der Waals surface area contributed by atoms with Gasteiger partial charge in [0, 0.05) is 31.3 Å². The Morgan fingerprint density at radius 1 is 1.32 bits per heavy atom. The van der Waals surface area contributed by atoms with Gasteiger partial charge < -0.3 is 5.32 Å². The highest BCUT2D eigenvalue weighted by atomic mass is 16.1. The standard InChI is InChI=1S/C17H21N7O/c1-11-15(12(2)24(3)21-11)7-8-16(25)18-10-13-5-4-6-14(9-13)17-19-22-23-20-17/h4-6,9H,7-8,10H2,1-3H3,(H,18,25)(H,19,20,22,23). The predicted molar refractivity (Wildman–Crippen MR) is 92.5 cm³/mol. The number of aromatic nitrogens is 6. The number of hydrogen-bond acceptors (Lipinski definition) is 5. The van der Waals surface area contributed by atoms with E-state index in [9.17, 15) is 4.79 Å². The lowest BCUT2D eigenvalue weighted by atomic mass is 10.1. The number of rotatable bonds is 6. The van der Waals surface area contributed by atoms with Crippen molar-refractivity contribution in [1.29, 1.82) is 0 Å². The van der Waals surface area contributed by atoms with Crippen LogP contribution in [-0.4, -0.2) is 36.3 Å². The lowest BCUT2D eigenvalue weighted by molar-refractivity contribution is -0.121. The topological polar surface area (TPSA) is 101 Å². The Morgan fingerprint density at radius 3 is 2.84 bits per heavy atom. The van der Waals surface area contributed by atoms with Crippen molar-refractivity contribution in [2.24, 2.45) is 7.05 Å². The first kappa shape index (κ1) is 16.8. The van der Waals surface area contributed by atoms with Crippen LogP contribution in [0.2, 0.25) is 0 Å². The summed E-state index contributed by atoms with van der Waals surface area (Å²) in [6, 6.07) is 7.72. The van der Waals surface area contributed by atoms with E-state index < -0.39 is 0 Å². The number of hydrogen-bond donors (Lipinski definition) is 2. The Morgan fingerprint density at radius 2 is 2.16 bits per heavy atom. The molecule has 0 spiro atoms. The quantitative estimate of drug-likeness (QED) is 0.708. The highest BCUT2D eigenvalue weighted by Crippen LogP contribution is 2.16. The highest BCUT2D eigenvalue weighted by molar-refractivity contribution is 5.76. The van der Waals surface area contributed by atoms with Gasteiger partial charge in [0.25, 0.3) is 0 Å². The number of carbonyl (C=O) groups excluding carboxylic acids is 1. The molecule has 0 aliphatic heterocycles. The second-order valence-corrected chi connectivity index (χ2v) is 5.99. The van der Waals surface area contributed by atoms with Crippen molar-refractivity contribution in [2.75, 3.05) is 0 Å². The lowest BCUT2D eigenvalue weighted by Crippen LogP contribution is -2.23. The van der Waals surface area contributed by atoms with E-state index in [-0.39, 0.29) is 5.91 Å². The first-order valence-corrected chi connectivity index (χ1v) is 8.13. The molecule has 0 atom stereocenters. The second-order valence-electron chi connectivity index (χ2n) is 5.99. The minimum Gasteiger partial charge on any atom is -0.352 e. The predicted octanol–water partition coefficient (Wildman–Crippen LogP) is 1.47. The Hall–Kier alpha value is -3.03. The Balaban J connectivity index is 1.55. The number of aryl methyl sites for hydroxylation is 2. The van der Waals surface area contributed by atoms with Gasteiger partial charge in [-0.3, -0.25) is 9.48 Å².